The highest BCUT2D eigenvalue weighted by molar-refractivity contribution is 7.90. The molecule has 0 bridgehead atoms. The molecule has 4 nitrogen and oxygen atoms in total. The Bertz CT molecular complexity index is 304. The van der Waals surface area contributed by atoms with Gasteiger partial charge in [0.2, 0.25) is 10.0 Å². The van der Waals surface area contributed by atoms with E-state index in [1.54, 1.807) is 0 Å². The Morgan fingerprint density at radius 1 is 1.31 bits per heavy atom. The minimum absolute atomic E-state index is 0.210. The van der Waals surface area contributed by atoms with E-state index in [0.717, 1.165) is 38.5 Å². The van der Waals surface area contributed by atoms with Crippen LogP contribution in [0.1, 0.15) is 52.4 Å². The first-order valence-electron chi connectivity index (χ1n) is 6.16. The van der Waals surface area contributed by atoms with Crippen LogP contribution in [0, 0.1) is 0 Å². The Morgan fingerprint density at radius 3 is 2.31 bits per heavy atom. The van der Waals surface area contributed by atoms with E-state index < -0.39 is 15.6 Å². The third kappa shape index (κ3) is 3.43. The maximum atomic E-state index is 12.2. The molecule has 0 radical (unpaired) electrons. The maximum Gasteiger partial charge on any atom is 0.215 e. The van der Waals surface area contributed by atoms with Crippen LogP contribution in [0.5, 0.6) is 0 Å². The first-order chi connectivity index (χ1) is 7.43. The SMILES string of the molecule is CCC(C)(CN)NS(=O)(=O)C1CCCCC1. The van der Waals surface area contributed by atoms with Crippen molar-refractivity contribution in [1.82, 2.24) is 4.72 Å². The van der Waals surface area contributed by atoms with Gasteiger partial charge in [-0.1, -0.05) is 26.2 Å². The summed E-state index contributed by atoms with van der Waals surface area (Å²) < 4.78 is 27.1. The summed E-state index contributed by atoms with van der Waals surface area (Å²) in [6.07, 6.45) is 5.51. The topological polar surface area (TPSA) is 72.2 Å². The molecule has 0 heterocycles. The lowest BCUT2D eigenvalue weighted by molar-refractivity contribution is 0.399. The standard InChI is InChI=1S/C11H24N2O2S/c1-3-11(2,9-12)13-16(14,15)10-7-5-4-6-8-10/h10,13H,3-9,12H2,1-2H3. The molecule has 1 saturated carbocycles. The van der Waals surface area contributed by atoms with Gasteiger partial charge in [-0.25, -0.2) is 13.1 Å². The van der Waals surface area contributed by atoms with Crippen LogP contribution in [-0.4, -0.2) is 25.8 Å². The van der Waals surface area contributed by atoms with Crippen molar-refractivity contribution in [2.24, 2.45) is 5.73 Å². The Kier molecular flexibility index (Phi) is 4.76. The average molecular weight is 248 g/mol. The van der Waals surface area contributed by atoms with Gasteiger partial charge in [-0.2, -0.15) is 0 Å². The molecule has 0 aromatic heterocycles. The highest BCUT2D eigenvalue weighted by atomic mass is 32.2. The van der Waals surface area contributed by atoms with Crippen molar-refractivity contribution in [2.75, 3.05) is 6.54 Å². The van der Waals surface area contributed by atoms with Crippen molar-refractivity contribution in [3.05, 3.63) is 0 Å². The second-order valence-electron chi connectivity index (χ2n) is 5.03. The average Bonchev–Trinajstić information content (AvgIpc) is 2.29. The number of nitrogens with two attached hydrogens (primary N) is 1. The summed E-state index contributed by atoms with van der Waals surface area (Å²) in [4.78, 5) is 0. The van der Waals surface area contributed by atoms with Gasteiger partial charge in [0, 0.05) is 12.1 Å². The van der Waals surface area contributed by atoms with E-state index in [-0.39, 0.29) is 5.25 Å². The zero-order valence-electron chi connectivity index (χ0n) is 10.3. The largest absolute Gasteiger partial charge is 0.329 e. The first-order valence-corrected chi connectivity index (χ1v) is 7.71. The lowest BCUT2D eigenvalue weighted by Gasteiger charge is -2.31. The molecule has 1 atom stereocenters. The first kappa shape index (κ1) is 13.9. The van der Waals surface area contributed by atoms with Crippen LogP contribution in [0.4, 0.5) is 0 Å². The molecule has 1 unspecified atom stereocenters. The lowest BCUT2D eigenvalue weighted by Crippen LogP contribution is -2.53. The molecule has 5 heteroatoms. The van der Waals surface area contributed by atoms with Crippen LogP contribution in [0.2, 0.25) is 0 Å². The van der Waals surface area contributed by atoms with E-state index in [0.29, 0.717) is 6.54 Å². The second-order valence-corrected chi connectivity index (χ2v) is 6.99. The van der Waals surface area contributed by atoms with E-state index in [4.69, 9.17) is 5.73 Å². The fraction of sp³-hybridized carbons (Fsp3) is 1.00. The predicted molar refractivity (Wildman–Crippen MR) is 66.7 cm³/mol. The van der Waals surface area contributed by atoms with Crippen LogP contribution in [-0.2, 0) is 10.0 Å². The third-order valence-electron chi connectivity index (χ3n) is 3.61. The number of nitrogens with one attached hydrogen (secondary N) is 1. The van der Waals surface area contributed by atoms with Crippen molar-refractivity contribution < 1.29 is 8.42 Å². The smallest absolute Gasteiger partial charge is 0.215 e. The molecule has 1 rings (SSSR count). The number of hydrogen-bond donors (Lipinski definition) is 2. The van der Waals surface area contributed by atoms with Gasteiger partial charge in [0.25, 0.3) is 0 Å². The molecule has 3 N–H and O–H groups in total. The molecule has 1 aliphatic carbocycles. The van der Waals surface area contributed by atoms with Gasteiger partial charge in [0.05, 0.1) is 5.25 Å². The molecule has 0 spiro atoms. The van der Waals surface area contributed by atoms with Gasteiger partial charge >= 0.3 is 0 Å². The minimum Gasteiger partial charge on any atom is -0.329 e. The van der Waals surface area contributed by atoms with Gasteiger partial charge in [0.15, 0.2) is 0 Å². The van der Waals surface area contributed by atoms with Crippen molar-refractivity contribution >= 4 is 10.0 Å². The molecule has 16 heavy (non-hydrogen) atoms. The summed E-state index contributed by atoms with van der Waals surface area (Å²) in [5.74, 6) is 0. The Labute approximate surface area is 99.0 Å². The van der Waals surface area contributed by atoms with E-state index >= 15 is 0 Å². The zero-order valence-corrected chi connectivity index (χ0v) is 11.1. The van der Waals surface area contributed by atoms with Crippen LogP contribution in [0.25, 0.3) is 0 Å². The molecule has 0 aliphatic heterocycles. The Balaban J connectivity index is 2.70. The number of sulfonamides is 1. The summed E-state index contributed by atoms with van der Waals surface area (Å²) in [6.45, 7) is 4.17. The van der Waals surface area contributed by atoms with Gasteiger partial charge < -0.3 is 5.73 Å². The van der Waals surface area contributed by atoms with E-state index in [1.165, 1.54) is 0 Å². The van der Waals surface area contributed by atoms with Crippen molar-refractivity contribution in [3.8, 4) is 0 Å². The Morgan fingerprint density at radius 2 is 1.88 bits per heavy atom. The Hall–Kier alpha value is -0.130. The quantitative estimate of drug-likeness (QED) is 0.771. The van der Waals surface area contributed by atoms with Gasteiger partial charge in [0.1, 0.15) is 0 Å². The molecule has 1 aliphatic rings. The van der Waals surface area contributed by atoms with E-state index in [1.807, 2.05) is 13.8 Å². The summed E-state index contributed by atoms with van der Waals surface area (Å²) in [5.41, 5.74) is 5.14. The minimum atomic E-state index is -3.20. The summed E-state index contributed by atoms with van der Waals surface area (Å²) >= 11 is 0. The van der Waals surface area contributed by atoms with Crippen molar-refractivity contribution in [3.63, 3.8) is 0 Å². The zero-order chi connectivity index (χ0) is 12.2. The van der Waals surface area contributed by atoms with E-state index in [9.17, 15) is 8.42 Å². The summed E-state index contributed by atoms with van der Waals surface area (Å²) in [6, 6.07) is 0. The third-order valence-corrected chi connectivity index (χ3v) is 5.74. The number of rotatable bonds is 5. The molecule has 0 aromatic carbocycles. The van der Waals surface area contributed by atoms with Crippen molar-refractivity contribution in [2.45, 2.75) is 63.2 Å². The molecular formula is C11H24N2O2S. The maximum absolute atomic E-state index is 12.2. The van der Waals surface area contributed by atoms with Gasteiger partial charge in [-0.15, -0.1) is 0 Å². The molecule has 96 valence electrons. The second kappa shape index (κ2) is 5.47. The highest BCUT2D eigenvalue weighted by Crippen LogP contribution is 2.24. The number of hydrogen-bond acceptors (Lipinski definition) is 3. The van der Waals surface area contributed by atoms with E-state index in [2.05, 4.69) is 4.72 Å². The van der Waals surface area contributed by atoms with Crippen LogP contribution >= 0.6 is 0 Å². The fourth-order valence-corrected chi connectivity index (χ4v) is 4.10. The molecule has 0 aromatic rings. The van der Waals surface area contributed by atoms with Gasteiger partial charge in [-0.05, 0) is 26.2 Å². The molecule has 0 amide bonds. The lowest BCUT2D eigenvalue weighted by atomic mass is 10.0. The monoisotopic (exact) mass is 248 g/mol. The summed E-state index contributed by atoms with van der Waals surface area (Å²) in [5, 5.41) is -0.210. The van der Waals surface area contributed by atoms with Gasteiger partial charge in [-0.3, -0.25) is 0 Å². The molecule has 0 saturated heterocycles. The predicted octanol–water partition coefficient (Wildman–Crippen LogP) is 1.37. The summed E-state index contributed by atoms with van der Waals surface area (Å²) in [7, 11) is -3.20. The van der Waals surface area contributed by atoms with Crippen LogP contribution in [0.15, 0.2) is 0 Å². The molecular weight excluding hydrogens is 224 g/mol. The normalized spacial score (nSPS) is 22.9. The van der Waals surface area contributed by atoms with Crippen LogP contribution in [0.3, 0.4) is 0 Å². The van der Waals surface area contributed by atoms with Crippen LogP contribution < -0.4 is 10.5 Å². The molecule has 1 fully saturated rings. The highest BCUT2D eigenvalue weighted by Gasteiger charge is 2.33. The fourth-order valence-electron chi connectivity index (χ4n) is 2.06. The van der Waals surface area contributed by atoms with Crippen molar-refractivity contribution in [1.29, 1.82) is 0 Å².